The van der Waals surface area contributed by atoms with Gasteiger partial charge < -0.3 is 4.90 Å². The number of carbonyl (C=O) groups is 2. The number of hydrogen-bond acceptors (Lipinski definition) is 2. The maximum absolute atomic E-state index is 11.9. The SMILES string of the molecule is CCCC1CCC(=O)N(CC(=O)C(C)C)CC1. The van der Waals surface area contributed by atoms with Crippen LogP contribution in [0.4, 0.5) is 0 Å². The van der Waals surface area contributed by atoms with Gasteiger partial charge in [0.2, 0.25) is 5.91 Å². The Hall–Kier alpha value is -0.860. The van der Waals surface area contributed by atoms with Crippen molar-refractivity contribution in [3.8, 4) is 0 Å². The van der Waals surface area contributed by atoms with Crippen molar-refractivity contribution >= 4 is 11.7 Å². The molecule has 1 unspecified atom stereocenters. The van der Waals surface area contributed by atoms with E-state index >= 15 is 0 Å². The quantitative estimate of drug-likeness (QED) is 0.739. The van der Waals surface area contributed by atoms with Crippen molar-refractivity contribution in [2.45, 2.75) is 52.9 Å². The van der Waals surface area contributed by atoms with Crippen LogP contribution in [0.25, 0.3) is 0 Å². The monoisotopic (exact) mass is 239 g/mol. The molecule has 0 aromatic carbocycles. The lowest BCUT2D eigenvalue weighted by Gasteiger charge is -2.21. The molecule has 1 aliphatic rings. The summed E-state index contributed by atoms with van der Waals surface area (Å²) in [6.45, 7) is 7.05. The van der Waals surface area contributed by atoms with Gasteiger partial charge in [0.25, 0.3) is 0 Å². The Morgan fingerprint density at radius 2 is 2.12 bits per heavy atom. The molecule has 1 heterocycles. The first-order valence-corrected chi connectivity index (χ1v) is 6.85. The average molecular weight is 239 g/mol. The highest BCUT2D eigenvalue weighted by molar-refractivity contribution is 5.87. The Balaban J connectivity index is 2.50. The van der Waals surface area contributed by atoms with E-state index in [-0.39, 0.29) is 17.6 Å². The minimum Gasteiger partial charge on any atom is -0.335 e. The second-order valence-corrected chi connectivity index (χ2v) is 5.42. The molecule has 0 N–H and O–H groups in total. The van der Waals surface area contributed by atoms with Crippen LogP contribution in [0.3, 0.4) is 0 Å². The summed E-state index contributed by atoms with van der Waals surface area (Å²) in [6.07, 6.45) is 5.07. The Morgan fingerprint density at radius 3 is 2.71 bits per heavy atom. The first kappa shape index (κ1) is 14.2. The normalized spacial score (nSPS) is 21.8. The number of hydrogen-bond donors (Lipinski definition) is 0. The van der Waals surface area contributed by atoms with Gasteiger partial charge in [0.15, 0.2) is 5.78 Å². The topological polar surface area (TPSA) is 37.4 Å². The van der Waals surface area contributed by atoms with Gasteiger partial charge in [0, 0.05) is 18.9 Å². The molecule has 0 spiro atoms. The van der Waals surface area contributed by atoms with Gasteiger partial charge in [-0.25, -0.2) is 0 Å². The predicted octanol–water partition coefficient (Wildman–Crippen LogP) is 2.64. The molecule has 0 saturated carbocycles. The number of Topliss-reactive ketones (excluding diaryl/α,β-unsaturated/α-hetero) is 1. The van der Waals surface area contributed by atoms with Crippen LogP contribution in [-0.4, -0.2) is 29.7 Å². The molecule has 1 atom stereocenters. The first-order chi connectivity index (χ1) is 8.04. The molecule has 1 fully saturated rings. The van der Waals surface area contributed by atoms with Gasteiger partial charge in [-0.1, -0.05) is 33.6 Å². The fourth-order valence-electron chi connectivity index (χ4n) is 2.33. The van der Waals surface area contributed by atoms with Crippen LogP contribution in [0.1, 0.15) is 52.9 Å². The van der Waals surface area contributed by atoms with Crippen LogP contribution in [-0.2, 0) is 9.59 Å². The van der Waals surface area contributed by atoms with Gasteiger partial charge in [0.1, 0.15) is 0 Å². The summed E-state index contributed by atoms with van der Waals surface area (Å²) in [6, 6.07) is 0. The van der Waals surface area contributed by atoms with Crippen molar-refractivity contribution in [1.82, 2.24) is 4.90 Å². The summed E-state index contributed by atoms with van der Waals surface area (Å²) >= 11 is 0. The maximum Gasteiger partial charge on any atom is 0.222 e. The summed E-state index contributed by atoms with van der Waals surface area (Å²) in [7, 11) is 0. The van der Waals surface area contributed by atoms with Gasteiger partial charge in [0.05, 0.1) is 6.54 Å². The van der Waals surface area contributed by atoms with Crippen LogP contribution in [0.2, 0.25) is 0 Å². The third-order valence-corrected chi connectivity index (χ3v) is 3.61. The molecule has 1 saturated heterocycles. The maximum atomic E-state index is 11.9. The predicted molar refractivity (Wildman–Crippen MR) is 68.7 cm³/mol. The molecule has 1 aliphatic heterocycles. The second kappa shape index (κ2) is 6.77. The van der Waals surface area contributed by atoms with E-state index < -0.39 is 0 Å². The number of likely N-dealkylation sites (tertiary alicyclic amines) is 1. The minimum absolute atomic E-state index is 0.0255. The van der Waals surface area contributed by atoms with Gasteiger partial charge >= 0.3 is 0 Å². The highest BCUT2D eigenvalue weighted by Gasteiger charge is 2.24. The van der Waals surface area contributed by atoms with Crippen molar-refractivity contribution in [2.75, 3.05) is 13.1 Å². The number of nitrogens with zero attached hydrogens (tertiary/aromatic N) is 1. The summed E-state index contributed by atoms with van der Waals surface area (Å²) in [5.74, 6) is 1.03. The van der Waals surface area contributed by atoms with E-state index in [1.165, 1.54) is 12.8 Å². The van der Waals surface area contributed by atoms with Crippen molar-refractivity contribution in [3.63, 3.8) is 0 Å². The Bertz CT molecular complexity index is 273. The fourth-order valence-corrected chi connectivity index (χ4v) is 2.33. The lowest BCUT2D eigenvalue weighted by molar-refractivity contribution is -0.135. The van der Waals surface area contributed by atoms with Gasteiger partial charge in [-0.15, -0.1) is 0 Å². The van der Waals surface area contributed by atoms with Crippen molar-refractivity contribution in [2.24, 2.45) is 11.8 Å². The third kappa shape index (κ3) is 4.49. The Morgan fingerprint density at radius 1 is 1.41 bits per heavy atom. The lowest BCUT2D eigenvalue weighted by Crippen LogP contribution is -2.36. The zero-order valence-electron chi connectivity index (χ0n) is 11.4. The molecule has 17 heavy (non-hydrogen) atoms. The van der Waals surface area contributed by atoms with E-state index in [0.717, 1.165) is 19.4 Å². The van der Waals surface area contributed by atoms with Crippen molar-refractivity contribution in [3.05, 3.63) is 0 Å². The van der Waals surface area contributed by atoms with Crippen LogP contribution in [0.15, 0.2) is 0 Å². The summed E-state index contributed by atoms with van der Waals surface area (Å²) in [5, 5.41) is 0. The summed E-state index contributed by atoms with van der Waals surface area (Å²) < 4.78 is 0. The second-order valence-electron chi connectivity index (χ2n) is 5.42. The Labute approximate surface area is 105 Å². The highest BCUT2D eigenvalue weighted by atomic mass is 16.2. The number of ketones is 1. The van der Waals surface area contributed by atoms with E-state index in [1.54, 1.807) is 4.90 Å². The molecule has 0 bridgehead atoms. The van der Waals surface area contributed by atoms with E-state index in [2.05, 4.69) is 6.92 Å². The zero-order valence-corrected chi connectivity index (χ0v) is 11.4. The molecule has 0 radical (unpaired) electrons. The first-order valence-electron chi connectivity index (χ1n) is 6.85. The van der Waals surface area contributed by atoms with Gasteiger partial charge in [-0.3, -0.25) is 9.59 Å². The minimum atomic E-state index is 0.0255. The van der Waals surface area contributed by atoms with Crippen LogP contribution >= 0.6 is 0 Å². The molecule has 98 valence electrons. The van der Waals surface area contributed by atoms with Gasteiger partial charge in [-0.05, 0) is 18.8 Å². The van der Waals surface area contributed by atoms with Crippen LogP contribution < -0.4 is 0 Å². The largest absolute Gasteiger partial charge is 0.335 e. The number of amides is 1. The summed E-state index contributed by atoms with van der Waals surface area (Å²) in [4.78, 5) is 25.3. The Kier molecular flexibility index (Phi) is 5.66. The lowest BCUT2D eigenvalue weighted by atomic mass is 9.96. The van der Waals surface area contributed by atoms with E-state index in [0.29, 0.717) is 18.9 Å². The molecule has 1 rings (SSSR count). The molecule has 3 heteroatoms. The summed E-state index contributed by atoms with van der Waals surface area (Å²) in [5.41, 5.74) is 0. The smallest absolute Gasteiger partial charge is 0.222 e. The highest BCUT2D eigenvalue weighted by Crippen LogP contribution is 2.22. The average Bonchev–Trinajstić information content (AvgIpc) is 2.44. The van der Waals surface area contributed by atoms with Crippen molar-refractivity contribution < 1.29 is 9.59 Å². The van der Waals surface area contributed by atoms with Crippen LogP contribution in [0, 0.1) is 11.8 Å². The number of carbonyl (C=O) groups excluding carboxylic acids is 2. The molecule has 1 amide bonds. The zero-order chi connectivity index (χ0) is 12.8. The van der Waals surface area contributed by atoms with E-state index in [4.69, 9.17) is 0 Å². The molecule has 0 aliphatic carbocycles. The standard InChI is InChI=1S/C14H25NO2/c1-4-5-12-6-7-14(17)15(9-8-12)10-13(16)11(2)3/h11-12H,4-10H2,1-3H3. The molecular formula is C14H25NO2. The van der Waals surface area contributed by atoms with E-state index in [1.807, 2.05) is 13.8 Å². The van der Waals surface area contributed by atoms with Crippen molar-refractivity contribution in [1.29, 1.82) is 0 Å². The molecule has 0 aromatic rings. The molecule has 0 aromatic heterocycles. The molecular weight excluding hydrogens is 214 g/mol. The van der Waals surface area contributed by atoms with E-state index in [9.17, 15) is 9.59 Å². The van der Waals surface area contributed by atoms with Crippen LogP contribution in [0.5, 0.6) is 0 Å². The number of rotatable bonds is 5. The van der Waals surface area contributed by atoms with Gasteiger partial charge in [-0.2, -0.15) is 0 Å². The molecule has 3 nitrogen and oxygen atoms in total. The third-order valence-electron chi connectivity index (χ3n) is 3.61. The fraction of sp³-hybridized carbons (Fsp3) is 0.857.